The molecule has 4 unspecified atom stereocenters. The van der Waals surface area contributed by atoms with E-state index in [0.29, 0.717) is 30.5 Å². The van der Waals surface area contributed by atoms with Gasteiger partial charge < -0.3 is 34.8 Å². The fourth-order valence-electron chi connectivity index (χ4n) is 6.04. The minimum absolute atomic E-state index is 0.0254. The molecule has 4 N–H and O–H groups in total. The van der Waals surface area contributed by atoms with E-state index in [0.717, 1.165) is 6.42 Å². The molecule has 0 spiro atoms. The van der Waals surface area contributed by atoms with Crippen molar-refractivity contribution >= 4 is 19.4 Å². The highest BCUT2D eigenvalue weighted by molar-refractivity contribution is 6.31. The zero-order valence-electron chi connectivity index (χ0n) is 22.4. The van der Waals surface area contributed by atoms with E-state index in [9.17, 15) is 30.0 Å². The number of rotatable bonds is 8. The lowest BCUT2D eigenvalue weighted by Crippen LogP contribution is -2.43. The number of aliphatic hydroxyl groups excluding tert-OH is 2. The summed E-state index contributed by atoms with van der Waals surface area (Å²) < 4.78 is 11.5. The van der Waals surface area contributed by atoms with E-state index >= 15 is 0 Å². The summed E-state index contributed by atoms with van der Waals surface area (Å²) in [6, 6.07) is 4.26. The predicted molar refractivity (Wildman–Crippen MR) is 145 cm³/mol. The van der Waals surface area contributed by atoms with E-state index in [2.05, 4.69) is 0 Å². The van der Waals surface area contributed by atoms with E-state index in [1.807, 2.05) is 24.1 Å². The number of fused-ring (bicyclic) bond motifs is 3. The molecule has 206 valence electrons. The Hall–Kier alpha value is -3.34. The van der Waals surface area contributed by atoms with E-state index < -0.39 is 35.5 Å². The van der Waals surface area contributed by atoms with Gasteiger partial charge in [-0.1, -0.05) is 25.1 Å². The van der Waals surface area contributed by atoms with Gasteiger partial charge in [0, 0.05) is 35.2 Å². The largest absolute Gasteiger partial charge is 0.507 e. The maximum atomic E-state index is 14.0. The number of benzene rings is 2. The number of hydrogen-bond acceptors (Lipinski definition) is 9. The normalized spacial score (nSPS) is 22.1. The van der Waals surface area contributed by atoms with Gasteiger partial charge >= 0.3 is 0 Å². The van der Waals surface area contributed by atoms with E-state index in [-0.39, 0.29) is 58.8 Å². The number of ketones is 2. The Morgan fingerprint density at radius 1 is 1.13 bits per heavy atom. The van der Waals surface area contributed by atoms with Gasteiger partial charge in [0.15, 0.2) is 12.1 Å². The molecular weight excluding hydrogens is 501 g/mol. The Morgan fingerprint density at radius 2 is 1.90 bits per heavy atom. The van der Waals surface area contributed by atoms with Crippen LogP contribution in [0, 0.1) is 0 Å². The van der Waals surface area contributed by atoms with Gasteiger partial charge in [0.05, 0.1) is 35.9 Å². The van der Waals surface area contributed by atoms with Crippen molar-refractivity contribution in [3.63, 3.8) is 0 Å². The van der Waals surface area contributed by atoms with Crippen molar-refractivity contribution in [1.29, 1.82) is 0 Å². The molecule has 0 fully saturated rings. The average molecular weight is 535 g/mol. The summed E-state index contributed by atoms with van der Waals surface area (Å²) in [6.07, 6.45) is 3.76. The molecule has 5 rings (SSSR count). The summed E-state index contributed by atoms with van der Waals surface area (Å²) in [7, 11) is 3.06. The Labute approximate surface area is 228 Å². The summed E-state index contributed by atoms with van der Waals surface area (Å²) >= 11 is 0. The second-order valence-electron chi connectivity index (χ2n) is 10.9. The first-order chi connectivity index (χ1) is 18.6. The second-order valence-corrected chi connectivity index (χ2v) is 10.9. The number of carbonyl (C=O) groups is 2. The lowest BCUT2D eigenvalue weighted by Gasteiger charge is -2.36. The molecule has 2 aromatic rings. The zero-order valence-corrected chi connectivity index (χ0v) is 22.4. The van der Waals surface area contributed by atoms with Gasteiger partial charge in [0.2, 0.25) is 5.78 Å². The average Bonchev–Trinajstić information content (AvgIpc) is 3.45. The summed E-state index contributed by atoms with van der Waals surface area (Å²) in [5.41, 5.74) is -0.481. The highest BCUT2D eigenvalue weighted by Gasteiger charge is 2.43. The molecule has 3 aliphatic rings. The Bertz CT molecular complexity index is 1350. The van der Waals surface area contributed by atoms with Crippen LogP contribution in [0.15, 0.2) is 30.5 Å². The van der Waals surface area contributed by atoms with Crippen LogP contribution in [0.4, 0.5) is 0 Å². The van der Waals surface area contributed by atoms with Crippen LogP contribution < -0.4 is 9.47 Å². The molecule has 0 radical (unpaired) electrons. The standard InChI is InChI=1S/C29H34BNO8/c1-3-19(32)18(31-11-4-5-12-31)13-21(33)39-28-15-9-10-29(30,37)14-17(15)26(35)23-24(28)27(36)22-16(25(23)34)7-6-8-20(22)38-2/h4,6-8,11,18-19,21,32-33,35,37H,3,5,9-10,12-14,30H2,1-2H3. The van der Waals surface area contributed by atoms with Gasteiger partial charge in [-0.3, -0.25) is 9.59 Å². The smallest absolute Gasteiger partial charge is 0.202 e. The quantitative estimate of drug-likeness (QED) is 0.250. The zero-order chi connectivity index (χ0) is 28.1. The molecule has 1 heterocycles. The molecule has 0 bridgehead atoms. The third kappa shape index (κ3) is 4.70. The van der Waals surface area contributed by atoms with Crippen LogP contribution >= 0.6 is 0 Å². The molecule has 39 heavy (non-hydrogen) atoms. The van der Waals surface area contributed by atoms with Crippen molar-refractivity contribution in [2.45, 2.75) is 69.4 Å². The Kier molecular flexibility index (Phi) is 7.22. The van der Waals surface area contributed by atoms with Crippen LogP contribution in [-0.4, -0.2) is 82.3 Å². The van der Waals surface area contributed by atoms with Gasteiger partial charge in [-0.2, -0.15) is 0 Å². The Balaban J connectivity index is 1.63. The molecule has 2 aliphatic carbocycles. The SMILES string of the molecule is BC1(O)CCc2c(c(O)c3c(c2OC(O)CC(C(O)CC)N2C=CCC2)C(=O)c2c(OC)cccc2C3=O)C1. The number of methoxy groups -OCH3 is 1. The number of nitrogens with zero attached hydrogens (tertiary/aromatic N) is 1. The summed E-state index contributed by atoms with van der Waals surface area (Å²) in [4.78, 5) is 29.7. The number of hydrogen-bond donors (Lipinski definition) is 4. The van der Waals surface area contributed by atoms with Crippen LogP contribution in [0.3, 0.4) is 0 Å². The van der Waals surface area contributed by atoms with Crippen LogP contribution in [0.5, 0.6) is 17.2 Å². The van der Waals surface area contributed by atoms with Gasteiger partial charge in [0.25, 0.3) is 0 Å². The van der Waals surface area contributed by atoms with Crippen molar-refractivity contribution < 1.29 is 39.5 Å². The van der Waals surface area contributed by atoms with Crippen molar-refractivity contribution in [3.8, 4) is 17.2 Å². The van der Waals surface area contributed by atoms with E-state index in [4.69, 9.17) is 9.47 Å². The van der Waals surface area contributed by atoms with Crippen molar-refractivity contribution in [2.75, 3.05) is 13.7 Å². The van der Waals surface area contributed by atoms with Crippen LogP contribution in [0.1, 0.15) is 75.6 Å². The monoisotopic (exact) mass is 535 g/mol. The first-order valence-electron chi connectivity index (χ1n) is 13.4. The first kappa shape index (κ1) is 27.2. The summed E-state index contributed by atoms with van der Waals surface area (Å²) in [5, 5.41) is 44.0. The van der Waals surface area contributed by atoms with Gasteiger partial charge in [-0.15, -0.1) is 0 Å². The van der Waals surface area contributed by atoms with Gasteiger partial charge in [-0.05, 0) is 44.4 Å². The van der Waals surface area contributed by atoms with Crippen LogP contribution in [-0.2, 0) is 12.8 Å². The van der Waals surface area contributed by atoms with Crippen molar-refractivity contribution in [3.05, 3.63) is 63.9 Å². The number of aliphatic hydroxyl groups is 3. The number of phenols is 1. The van der Waals surface area contributed by atoms with E-state index in [1.165, 1.54) is 13.2 Å². The fraction of sp³-hybridized carbons (Fsp3) is 0.448. The molecule has 0 aromatic heterocycles. The molecule has 2 aromatic carbocycles. The molecule has 0 saturated carbocycles. The predicted octanol–water partition coefficient (Wildman–Crippen LogP) is 1.43. The third-order valence-electron chi connectivity index (χ3n) is 8.12. The fourth-order valence-corrected chi connectivity index (χ4v) is 6.04. The molecule has 4 atom stereocenters. The molecule has 0 saturated heterocycles. The first-order valence-corrected chi connectivity index (χ1v) is 13.4. The van der Waals surface area contributed by atoms with E-state index in [1.54, 1.807) is 20.0 Å². The van der Waals surface area contributed by atoms with Gasteiger partial charge in [0.1, 0.15) is 25.1 Å². The van der Waals surface area contributed by atoms with Gasteiger partial charge in [-0.25, -0.2) is 0 Å². The van der Waals surface area contributed by atoms with Crippen LogP contribution in [0.25, 0.3) is 0 Å². The number of ether oxygens (including phenoxy) is 2. The Morgan fingerprint density at radius 3 is 2.56 bits per heavy atom. The lowest BCUT2D eigenvalue weighted by molar-refractivity contribution is -0.0565. The molecular formula is C29H34BNO8. The summed E-state index contributed by atoms with van der Waals surface area (Å²) in [6.45, 7) is 2.57. The second kappa shape index (κ2) is 10.3. The number of aromatic hydroxyl groups is 1. The summed E-state index contributed by atoms with van der Waals surface area (Å²) in [5.74, 6) is -1.23. The van der Waals surface area contributed by atoms with Crippen molar-refractivity contribution in [1.82, 2.24) is 4.90 Å². The molecule has 10 heteroatoms. The topological polar surface area (TPSA) is 137 Å². The van der Waals surface area contributed by atoms with Crippen LogP contribution in [0.2, 0.25) is 0 Å². The van der Waals surface area contributed by atoms with Crippen molar-refractivity contribution in [2.24, 2.45) is 0 Å². The maximum absolute atomic E-state index is 14.0. The highest BCUT2D eigenvalue weighted by Crippen LogP contribution is 2.48. The highest BCUT2D eigenvalue weighted by atomic mass is 16.6. The number of phenolic OH excluding ortho intramolecular Hbond substituents is 1. The maximum Gasteiger partial charge on any atom is 0.202 e. The molecule has 0 amide bonds. The lowest BCUT2D eigenvalue weighted by atomic mass is 9.67. The molecule has 9 nitrogen and oxygen atoms in total. The third-order valence-corrected chi connectivity index (χ3v) is 8.12. The number of carbonyl (C=O) groups excluding carboxylic acids is 2. The molecule has 1 aliphatic heterocycles. The minimum Gasteiger partial charge on any atom is -0.507 e. The minimum atomic E-state index is -1.42.